The first-order chi connectivity index (χ1) is 11.2. The summed E-state index contributed by atoms with van der Waals surface area (Å²) in [6.45, 7) is 5.49. The van der Waals surface area contributed by atoms with E-state index in [0.717, 1.165) is 43.0 Å². The average Bonchev–Trinajstić information content (AvgIpc) is 2.98. The Bertz CT molecular complexity index is 567. The lowest BCUT2D eigenvalue weighted by molar-refractivity contribution is 0.299. The van der Waals surface area contributed by atoms with Gasteiger partial charge in [-0.2, -0.15) is 0 Å². The lowest BCUT2D eigenvalue weighted by Crippen LogP contribution is -2.40. The minimum Gasteiger partial charge on any atom is -0.505 e. The SMILES string of the molecule is CCNC(=NCc1ccc(O)c(F)c1)N1CC2CCCCC2C1.I. The summed E-state index contributed by atoms with van der Waals surface area (Å²) in [7, 11) is 0. The van der Waals surface area contributed by atoms with Crippen LogP contribution in [0.15, 0.2) is 23.2 Å². The van der Waals surface area contributed by atoms with E-state index in [1.807, 2.05) is 0 Å². The highest BCUT2D eigenvalue weighted by Crippen LogP contribution is 2.36. The number of hydrogen-bond acceptors (Lipinski definition) is 2. The number of nitrogens with one attached hydrogen (secondary N) is 1. The van der Waals surface area contributed by atoms with E-state index < -0.39 is 5.82 Å². The number of phenolic OH excluding ortho intramolecular Hbond substituents is 1. The minimum absolute atomic E-state index is 0. The Hall–Kier alpha value is -1.05. The molecule has 0 amide bonds. The zero-order chi connectivity index (χ0) is 16.2. The first-order valence-corrected chi connectivity index (χ1v) is 8.68. The highest BCUT2D eigenvalue weighted by Gasteiger charge is 2.35. The molecule has 4 nitrogen and oxygen atoms in total. The van der Waals surface area contributed by atoms with Crippen LogP contribution in [0.2, 0.25) is 0 Å². The molecule has 2 N–H and O–H groups in total. The van der Waals surface area contributed by atoms with Gasteiger partial charge in [-0.1, -0.05) is 18.9 Å². The second-order valence-corrected chi connectivity index (χ2v) is 6.67. The molecule has 1 saturated carbocycles. The van der Waals surface area contributed by atoms with Crippen molar-refractivity contribution in [3.8, 4) is 5.75 Å². The normalized spacial score (nSPS) is 23.6. The topological polar surface area (TPSA) is 47.9 Å². The van der Waals surface area contributed by atoms with Crippen molar-refractivity contribution in [1.29, 1.82) is 0 Å². The number of nitrogens with zero attached hydrogens (tertiary/aromatic N) is 2. The molecule has 3 rings (SSSR count). The lowest BCUT2D eigenvalue weighted by atomic mass is 9.82. The summed E-state index contributed by atoms with van der Waals surface area (Å²) in [5.74, 6) is 1.64. The molecular weight excluding hydrogens is 420 g/mol. The number of rotatable bonds is 3. The molecule has 1 aromatic rings. The zero-order valence-electron chi connectivity index (χ0n) is 14.2. The zero-order valence-corrected chi connectivity index (χ0v) is 16.5. The number of guanidine groups is 1. The van der Waals surface area contributed by atoms with Crippen LogP contribution in [0.5, 0.6) is 5.75 Å². The van der Waals surface area contributed by atoms with Crippen molar-refractivity contribution >= 4 is 29.9 Å². The summed E-state index contributed by atoms with van der Waals surface area (Å²) in [5.41, 5.74) is 0.771. The fraction of sp³-hybridized carbons (Fsp3) is 0.611. The van der Waals surface area contributed by atoms with Gasteiger partial charge in [0, 0.05) is 19.6 Å². The van der Waals surface area contributed by atoms with Crippen molar-refractivity contribution in [2.45, 2.75) is 39.2 Å². The van der Waals surface area contributed by atoms with Crippen LogP contribution in [0.1, 0.15) is 38.2 Å². The van der Waals surface area contributed by atoms with Gasteiger partial charge in [-0.25, -0.2) is 9.38 Å². The Kier molecular flexibility index (Phi) is 7.13. The van der Waals surface area contributed by atoms with Gasteiger partial charge in [0.2, 0.25) is 0 Å². The molecule has 0 spiro atoms. The largest absolute Gasteiger partial charge is 0.505 e. The number of likely N-dealkylation sites (tertiary alicyclic amines) is 1. The Morgan fingerprint density at radius 1 is 1.29 bits per heavy atom. The van der Waals surface area contributed by atoms with Crippen molar-refractivity contribution in [3.05, 3.63) is 29.6 Å². The molecule has 1 aliphatic carbocycles. The standard InChI is InChI=1S/C18H26FN3O.HI/c1-2-20-18(21-10-13-7-8-17(23)16(19)9-13)22-11-14-5-3-4-6-15(14)12-22;/h7-9,14-15,23H,2-6,10-12H2,1H3,(H,20,21);1H. The maximum absolute atomic E-state index is 13.4. The maximum atomic E-state index is 13.4. The molecule has 0 aromatic heterocycles. The number of fused-ring (bicyclic) bond motifs is 1. The number of aliphatic imine (C=N–C) groups is 1. The molecule has 6 heteroatoms. The van der Waals surface area contributed by atoms with Gasteiger partial charge >= 0.3 is 0 Å². The molecule has 0 bridgehead atoms. The quantitative estimate of drug-likeness (QED) is 0.422. The molecule has 1 aromatic carbocycles. The van der Waals surface area contributed by atoms with Gasteiger partial charge in [-0.05, 0) is 49.3 Å². The summed E-state index contributed by atoms with van der Waals surface area (Å²) >= 11 is 0. The molecule has 1 aliphatic heterocycles. The predicted octanol–water partition coefficient (Wildman–Crippen LogP) is 3.74. The van der Waals surface area contributed by atoms with E-state index in [-0.39, 0.29) is 29.7 Å². The Labute approximate surface area is 160 Å². The van der Waals surface area contributed by atoms with E-state index >= 15 is 0 Å². The van der Waals surface area contributed by atoms with E-state index in [2.05, 4.69) is 22.1 Å². The molecule has 134 valence electrons. The van der Waals surface area contributed by atoms with Crippen LogP contribution in [0, 0.1) is 17.7 Å². The van der Waals surface area contributed by atoms with Crippen molar-refractivity contribution in [1.82, 2.24) is 10.2 Å². The number of aromatic hydroxyl groups is 1. The van der Waals surface area contributed by atoms with E-state index in [9.17, 15) is 9.50 Å². The van der Waals surface area contributed by atoms with Crippen LogP contribution in [-0.4, -0.2) is 35.6 Å². The van der Waals surface area contributed by atoms with Gasteiger partial charge in [0.1, 0.15) is 0 Å². The van der Waals surface area contributed by atoms with Crippen LogP contribution in [-0.2, 0) is 6.54 Å². The minimum atomic E-state index is -0.588. The maximum Gasteiger partial charge on any atom is 0.194 e. The molecule has 2 atom stereocenters. The third kappa shape index (κ3) is 4.52. The summed E-state index contributed by atoms with van der Waals surface area (Å²) in [6, 6.07) is 4.46. The van der Waals surface area contributed by atoms with Crippen LogP contribution >= 0.6 is 24.0 Å². The van der Waals surface area contributed by atoms with Gasteiger partial charge in [-0.3, -0.25) is 0 Å². The van der Waals surface area contributed by atoms with E-state index in [1.165, 1.54) is 37.8 Å². The molecular formula is C18H27FIN3O. The van der Waals surface area contributed by atoms with Crippen LogP contribution < -0.4 is 5.32 Å². The van der Waals surface area contributed by atoms with Crippen LogP contribution in [0.3, 0.4) is 0 Å². The number of benzene rings is 1. The molecule has 1 heterocycles. The van der Waals surface area contributed by atoms with Gasteiger partial charge in [-0.15, -0.1) is 24.0 Å². The lowest BCUT2D eigenvalue weighted by Gasteiger charge is -2.22. The molecule has 2 fully saturated rings. The summed E-state index contributed by atoms with van der Waals surface area (Å²) < 4.78 is 13.4. The molecule has 1 saturated heterocycles. The molecule has 2 unspecified atom stereocenters. The predicted molar refractivity (Wildman–Crippen MR) is 105 cm³/mol. The van der Waals surface area contributed by atoms with Gasteiger partial charge in [0.25, 0.3) is 0 Å². The van der Waals surface area contributed by atoms with Crippen molar-refractivity contribution in [2.75, 3.05) is 19.6 Å². The number of hydrogen-bond donors (Lipinski definition) is 2. The molecule has 24 heavy (non-hydrogen) atoms. The van der Waals surface area contributed by atoms with Crippen molar-refractivity contribution in [3.63, 3.8) is 0 Å². The summed E-state index contributed by atoms with van der Waals surface area (Å²) in [6.07, 6.45) is 5.39. The van der Waals surface area contributed by atoms with E-state index in [0.29, 0.717) is 6.54 Å². The van der Waals surface area contributed by atoms with Gasteiger partial charge in [0.05, 0.1) is 6.54 Å². The van der Waals surface area contributed by atoms with Crippen LogP contribution in [0.4, 0.5) is 4.39 Å². The number of phenols is 1. The Balaban J connectivity index is 0.00000208. The first kappa shape index (κ1) is 19.3. The average molecular weight is 447 g/mol. The first-order valence-electron chi connectivity index (χ1n) is 8.68. The van der Waals surface area contributed by atoms with Crippen molar-refractivity contribution < 1.29 is 9.50 Å². The van der Waals surface area contributed by atoms with E-state index in [1.54, 1.807) is 6.07 Å². The summed E-state index contributed by atoms with van der Waals surface area (Å²) in [5, 5.41) is 12.6. The summed E-state index contributed by atoms with van der Waals surface area (Å²) in [4.78, 5) is 7.04. The third-order valence-electron chi connectivity index (χ3n) is 5.03. The fourth-order valence-electron chi connectivity index (χ4n) is 3.82. The van der Waals surface area contributed by atoms with Gasteiger partial charge in [0.15, 0.2) is 17.5 Å². The number of halogens is 2. The van der Waals surface area contributed by atoms with Crippen molar-refractivity contribution in [2.24, 2.45) is 16.8 Å². The fourth-order valence-corrected chi connectivity index (χ4v) is 3.82. The highest BCUT2D eigenvalue weighted by atomic mass is 127. The third-order valence-corrected chi connectivity index (χ3v) is 5.03. The van der Waals surface area contributed by atoms with Gasteiger partial charge < -0.3 is 15.3 Å². The smallest absolute Gasteiger partial charge is 0.194 e. The second kappa shape index (κ2) is 8.87. The Morgan fingerprint density at radius 3 is 2.54 bits per heavy atom. The second-order valence-electron chi connectivity index (χ2n) is 6.67. The highest BCUT2D eigenvalue weighted by molar-refractivity contribution is 14.0. The molecule has 2 aliphatic rings. The Morgan fingerprint density at radius 2 is 1.96 bits per heavy atom. The van der Waals surface area contributed by atoms with Crippen LogP contribution in [0.25, 0.3) is 0 Å². The van der Waals surface area contributed by atoms with E-state index in [4.69, 9.17) is 0 Å². The molecule has 0 radical (unpaired) electrons. The monoisotopic (exact) mass is 447 g/mol.